The molecule has 0 spiro atoms. The van der Waals surface area contributed by atoms with Crippen LogP contribution in [0.5, 0.6) is 0 Å². The molecule has 0 saturated carbocycles. The van der Waals surface area contributed by atoms with Gasteiger partial charge in [-0.25, -0.2) is 4.39 Å². The third-order valence-electron chi connectivity index (χ3n) is 5.50. The lowest BCUT2D eigenvalue weighted by Crippen LogP contribution is -2.25. The molecule has 0 amide bonds. The zero-order valence-corrected chi connectivity index (χ0v) is 19.3. The van der Waals surface area contributed by atoms with Crippen molar-refractivity contribution in [3.05, 3.63) is 83.2 Å². The number of carboxylic acid groups (broad SMARTS) is 1. The van der Waals surface area contributed by atoms with Crippen molar-refractivity contribution in [3.63, 3.8) is 0 Å². The van der Waals surface area contributed by atoms with Gasteiger partial charge in [-0.15, -0.1) is 0 Å². The first-order valence-corrected chi connectivity index (χ1v) is 10.8. The van der Waals surface area contributed by atoms with Crippen LogP contribution in [0.25, 0.3) is 34.0 Å². The lowest BCUT2D eigenvalue weighted by atomic mass is 9.94. The van der Waals surface area contributed by atoms with Gasteiger partial charge in [-0.1, -0.05) is 29.4 Å². The Labute approximate surface area is 203 Å². The van der Waals surface area contributed by atoms with Crippen LogP contribution in [0.1, 0.15) is 16.7 Å². The van der Waals surface area contributed by atoms with Gasteiger partial charge >= 0.3 is 12.1 Å². The molecular formula is C26H21F4N3O3. The van der Waals surface area contributed by atoms with Gasteiger partial charge in [0, 0.05) is 17.7 Å². The Morgan fingerprint density at radius 3 is 2.47 bits per heavy atom. The second kappa shape index (κ2) is 9.90. The van der Waals surface area contributed by atoms with E-state index in [1.54, 1.807) is 44.3 Å². The van der Waals surface area contributed by atoms with Crippen molar-refractivity contribution in [1.82, 2.24) is 15.0 Å². The van der Waals surface area contributed by atoms with Crippen LogP contribution < -0.4 is 0 Å². The van der Waals surface area contributed by atoms with Gasteiger partial charge in [0.25, 0.3) is 5.89 Å². The van der Waals surface area contributed by atoms with Gasteiger partial charge in [-0.05, 0) is 72.6 Å². The van der Waals surface area contributed by atoms with Crippen LogP contribution in [-0.4, -0.2) is 39.7 Å². The van der Waals surface area contributed by atoms with E-state index in [0.29, 0.717) is 27.8 Å². The van der Waals surface area contributed by atoms with Crippen LogP contribution in [0.2, 0.25) is 0 Å². The van der Waals surface area contributed by atoms with E-state index < -0.39 is 23.5 Å². The number of alkyl halides is 3. The Bertz CT molecular complexity index is 1420. The minimum atomic E-state index is -4.49. The highest BCUT2D eigenvalue weighted by molar-refractivity contribution is 5.74. The SMILES string of the molecule is Cc1cc(-c2nc(-c3cc(F)cc(CN(C)CC(=O)O)c3)no2)ccc1-c1ccccc1C(F)(F)F. The van der Waals surface area contributed by atoms with E-state index >= 15 is 0 Å². The fraction of sp³-hybridized carbons (Fsp3) is 0.192. The van der Waals surface area contributed by atoms with Crippen molar-refractivity contribution < 1.29 is 32.0 Å². The number of hydrogen-bond donors (Lipinski definition) is 1. The number of rotatable bonds is 7. The Kier molecular flexibility index (Phi) is 6.89. The maximum absolute atomic E-state index is 14.2. The van der Waals surface area contributed by atoms with Crippen molar-refractivity contribution in [2.45, 2.75) is 19.6 Å². The number of aryl methyl sites for hydroxylation is 1. The molecule has 0 bridgehead atoms. The maximum atomic E-state index is 14.2. The van der Waals surface area contributed by atoms with Crippen LogP contribution in [0.4, 0.5) is 17.6 Å². The van der Waals surface area contributed by atoms with Crippen LogP contribution in [-0.2, 0) is 17.5 Å². The summed E-state index contributed by atoms with van der Waals surface area (Å²) in [6.07, 6.45) is -4.49. The van der Waals surface area contributed by atoms with Gasteiger partial charge in [0.2, 0.25) is 5.82 Å². The summed E-state index contributed by atoms with van der Waals surface area (Å²) in [6.45, 7) is 1.68. The lowest BCUT2D eigenvalue weighted by molar-refractivity contribution is -0.138. The zero-order chi connectivity index (χ0) is 26.0. The molecule has 1 N–H and O–H groups in total. The number of benzene rings is 3. The van der Waals surface area contributed by atoms with E-state index in [-0.39, 0.29) is 30.4 Å². The molecule has 0 unspecified atom stereocenters. The van der Waals surface area contributed by atoms with E-state index in [9.17, 15) is 22.4 Å². The predicted molar refractivity (Wildman–Crippen MR) is 124 cm³/mol. The smallest absolute Gasteiger partial charge is 0.417 e. The summed E-state index contributed by atoms with van der Waals surface area (Å²) in [7, 11) is 1.60. The summed E-state index contributed by atoms with van der Waals surface area (Å²) in [5, 5.41) is 12.8. The molecule has 0 saturated heterocycles. The number of hydrogen-bond acceptors (Lipinski definition) is 5. The molecule has 0 fully saturated rings. The van der Waals surface area contributed by atoms with Crippen molar-refractivity contribution in [3.8, 4) is 34.0 Å². The van der Waals surface area contributed by atoms with Crippen molar-refractivity contribution in [1.29, 1.82) is 0 Å². The van der Waals surface area contributed by atoms with Crippen LogP contribution >= 0.6 is 0 Å². The molecule has 36 heavy (non-hydrogen) atoms. The molecule has 186 valence electrons. The first-order valence-electron chi connectivity index (χ1n) is 10.8. The third kappa shape index (κ3) is 5.60. The van der Waals surface area contributed by atoms with Gasteiger partial charge in [-0.2, -0.15) is 18.2 Å². The number of aliphatic carboxylic acids is 1. The van der Waals surface area contributed by atoms with Gasteiger partial charge in [0.05, 0.1) is 12.1 Å². The highest BCUT2D eigenvalue weighted by Gasteiger charge is 2.33. The summed E-state index contributed by atoms with van der Waals surface area (Å²) in [5.74, 6) is -1.30. The molecule has 3 aromatic carbocycles. The summed E-state index contributed by atoms with van der Waals surface area (Å²) in [5.41, 5.74) is 1.72. The lowest BCUT2D eigenvalue weighted by Gasteiger charge is -2.14. The Hall–Kier alpha value is -4.05. The monoisotopic (exact) mass is 499 g/mol. The predicted octanol–water partition coefficient (Wildman–Crippen LogP) is 6.05. The molecule has 1 aromatic heterocycles. The number of carboxylic acids is 1. The summed E-state index contributed by atoms with van der Waals surface area (Å²) >= 11 is 0. The fourth-order valence-electron chi connectivity index (χ4n) is 3.99. The molecule has 0 atom stereocenters. The van der Waals surface area contributed by atoms with E-state index in [4.69, 9.17) is 9.63 Å². The number of halogens is 4. The van der Waals surface area contributed by atoms with Crippen molar-refractivity contribution in [2.75, 3.05) is 13.6 Å². The summed E-state index contributed by atoms with van der Waals surface area (Å²) in [6, 6.07) is 14.3. The number of aromatic nitrogens is 2. The number of carbonyl (C=O) groups is 1. The number of nitrogens with zero attached hydrogens (tertiary/aromatic N) is 3. The summed E-state index contributed by atoms with van der Waals surface area (Å²) in [4.78, 5) is 16.7. The third-order valence-corrected chi connectivity index (χ3v) is 5.50. The normalized spacial score (nSPS) is 11.8. The first-order chi connectivity index (χ1) is 17.0. The number of likely N-dealkylation sites (N-methyl/N-ethyl adjacent to an activating group) is 1. The fourth-order valence-corrected chi connectivity index (χ4v) is 3.99. The summed E-state index contributed by atoms with van der Waals surface area (Å²) < 4.78 is 60.0. The average molecular weight is 499 g/mol. The molecule has 0 aliphatic heterocycles. The first kappa shape index (κ1) is 25.1. The van der Waals surface area contributed by atoms with Gasteiger partial charge in [0.15, 0.2) is 0 Å². The van der Waals surface area contributed by atoms with Crippen molar-refractivity contribution in [2.24, 2.45) is 0 Å². The Morgan fingerprint density at radius 2 is 1.78 bits per heavy atom. The van der Waals surface area contributed by atoms with Gasteiger partial charge in [-0.3, -0.25) is 9.69 Å². The molecule has 4 rings (SSSR count). The Balaban J connectivity index is 1.62. The molecule has 0 radical (unpaired) electrons. The molecule has 10 heteroatoms. The van der Waals surface area contributed by atoms with Crippen LogP contribution in [0.15, 0.2) is 65.2 Å². The maximum Gasteiger partial charge on any atom is 0.417 e. The minimum Gasteiger partial charge on any atom is -0.480 e. The topological polar surface area (TPSA) is 79.5 Å². The van der Waals surface area contributed by atoms with Gasteiger partial charge < -0.3 is 9.63 Å². The molecule has 6 nitrogen and oxygen atoms in total. The standard InChI is InChI=1S/C26H21F4N3O3/c1-15-9-17(7-8-20(15)21-5-3-4-6-22(21)26(28,29)30)25-31-24(32-36-25)18-10-16(11-19(27)12-18)13-33(2)14-23(34)35/h3-12H,13-14H2,1-2H3,(H,34,35). The van der Waals surface area contributed by atoms with Crippen molar-refractivity contribution >= 4 is 5.97 Å². The molecule has 0 aliphatic carbocycles. The second-order valence-electron chi connectivity index (χ2n) is 8.41. The largest absolute Gasteiger partial charge is 0.480 e. The van der Waals surface area contributed by atoms with Crippen LogP contribution in [0.3, 0.4) is 0 Å². The van der Waals surface area contributed by atoms with Gasteiger partial charge in [0.1, 0.15) is 5.82 Å². The van der Waals surface area contributed by atoms with Crippen LogP contribution in [0, 0.1) is 12.7 Å². The molecule has 0 aliphatic rings. The van der Waals surface area contributed by atoms with E-state index in [0.717, 1.165) is 6.07 Å². The molecule has 4 aromatic rings. The average Bonchev–Trinajstić information content (AvgIpc) is 3.28. The second-order valence-corrected chi connectivity index (χ2v) is 8.41. The van der Waals surface area contributed by atoms with E-state index in [1.165, 1.54) is 29.2 Å². The highest BCUT2D eigenvalue weighted by Crippen LogP contribution is 2.38. The molecular weight excluding hydrogens is 478 g/mol. The minimum absolute atomic E-state index is 0.0698. The quantitative estimate of drug-likeness (QED) is 0.312. The Morgan fingerprint density at radius 1 is 1.03 bits per heavy atom. The highest BCUT2D eigenvalue weighted by atomic mass is 19.4. The van der Waals surface area contributed by atoms with E-state index in [2.05, 4.69) is 10.1 Å². The zero-order valence-electron chi connectivity index (χ0n) is 19.3. The van der Waals surface area contributed by atoms with E-state index in [1.807, 2.05) is 0 Å². The molecule has 1 heterocycles.